The lowest BCUT2D eigenvalue weighted by Crippen LogP contribution is -2.32. The van der Waals surface area contributed by atoms with E-state index in [4.69, 9.17) is 5.11 Å². The van der Waals surface area contributed by atoms with E-state index in [0.29, 0.717) is 13.0 Å². The number of nitro benzene ring substituents is 1. The first kappa shape index (κ1) is 16.8. The first-order valence-electron chi connectivity index (χ1n) is 6.52. The Bertz CT molecular complexity index is 536. The quantitative estimate of drug-likeness (QED) is 0.589. The Balaban J connectivity index is 3.25. The van der Waals surface area contributed by atoms with Crippen LogP contribution >= 0.6 is 0 Å². The van der Waals surface area contributed by atoms with Crippen LogP contribution in [0.4, 0.5) is 15.8 Å². The van der Waals surface area contributed by atoms with Crippen LogP contribution in [0, 0.1) is 15.9 Å². The molecule has 0 aliphatic carbocycles. The fourth-order valence-corrected chi connectivity index (χ4v) is 1.91. The maximum Gasteiger partial charge on any atom is 0.285 e. The van der Waals surface area contributed by atoms with Crippen molar-refractivity contribution < 1.29 is 19.2 Å². The second-order valence-corrected chi connectivity index (χ2v) is 4.32. The maximum absolute atomic E-state index is 13.6. The average Bonchev–Trinajstić information content (AvgIpc) is 2.47. The number of carbonyl (C=O) groups is 1. The Hall–Kier alpha value is -2.22. The van der Waals surface area contributed by atoms with Gasteiger partial charge in [0, 0.05) is 26.7 Å². The van der Waals surface area contributed by atoms with Crippen molar-refractivity contribution in [1.29, 1.82) is 0 Å². The van der Waals surface area contributed by atoms with Crippen LogP contribution < -0.4 is 5.32 Å². The Morgan fingerprint density at radius 3 is 2.67 bits per heavy atom. The molecule has 0 radical (unpaired) electrons. The molecule has 1 amide bonds. The number of nitrogens with zero attached hydrogens (tertiary/aromatic N) is 2. The number of hydrogen-bond donors (Lipinski definition) is 2. The third kappa shape index (κ3) is 3.88. The van der Waals surface area contributed by atoms with E-state index in [1.165, 1.54) is 11.9 Å². The molecule has 1 aromatic rings. The molecule has 0 unspecified atom stereocenters. The highest BCUT2D eigenvalue weighted by molar-refractivity contribution is 5.99. The molecule has 0 saturated heterocycles. The van der Waals surface area contributed by atoms with Gasteiger partial charge in [-0.05, 0) is 19.4 Å². The molecule has 1 rings (SSSR count). The van der Waals surface area contributed by atoms with Crippen molar-refractivity contribution >= 4 is 17.3 Å². The van der Waals surface area contributed by atoms with Crippen molar-refractivity contribution in [3.8, 4) is 0 Å². The zero-order valence-electron chi connectivity index (χ0n) is 11.9. The summed E-state index contributed by atoms with van der Waals surface area (Å²) in [4.78, 5) is 24.0. The Morgan fingerprint density at radius 2 is 2.19 bits per heavy atom. The summed E-state index contributed by atoms with van der Waals surface area (Å²) in [5, 5.41) is 22.4. The minimum absolute atomic E-state index is 0.0159. The molecular weight excluding hydrogens is 281 g/mol. The number of amides is 1. The van der Waals surface area contributed by atoms with Crippen LogP contribution in [0.2, 0.25) is 0 Å². The van der Waals surface area contributed by atoms with E-state index < -0.39 is 22.3 Å². The zero-order valence-corrected chi connectivity index (χ0v) is 11.9. The molecule has 0 atom stereocenters. The summed E-state index contributed by atoms with van der Waals surface area (Å²) in [5.41, 5.74) is -0.730. The van der Waals surface area contributed by atoms with Crippen molar-refractivity contribution in [3.05, 3.63) is 33.6 Å². The zero-order chi connectivity index (χ0) is 16.0. The second kappa shape index (κ2) is 7.53. The van der Waals surface area contributed by atoms with Crippen LogP contribution in [0.1, 0.15) is 23.7 Å². The van der Waals surface area contributed by atoms with E-state index >= 15 is 0 Å². The third-order valence-corrected chi connectivity index (χ3v) is 3.04. The number of aliphatic hydroxyl groups excluding tert-OH is 1. The molecule has 116 valence electrons. The molecule has 2 N–H and O–H groups in total. The molecule has 1 aromatic carbocycles. The lowest BCUT2D eigenvalue weighted by molar-refractivity contribution is -0.385. The molecule has 0 aromatic heterocycles. The minimum Gasteiger partial charge on any atom is -0.396 e. The fraction of sp³-hybridized carbons (Fsp3) is 0.462. The van der Waals surface area contributed by atoms with Crippen LogP contribution in [-0.4, -0.2) is 47.6 Å². The molecule has 0 aliphatic heterocycles. The molecule has 7 nitrogen and oxygen atoms in total. The fourth-order valence-electron chi connectivity index (χ4n) is 1.91. The van der Waals surface area contributed by atoms with Gasteiger partial charge in [-0.2, -0.15) is 0 Å². The number of aliphatic hydroxyl groups is 1. The van der Waals surface area contributed by atoms with Crippen molar-refractivity contribution in [2.45, 2.75) is 13.3 Å². The number of rotatable bonds is 7. The molecule has 0 aliphatic rings. The molecule has 8 heteroatoms. The third-order valence-electron chi connectivity index (χ3n) is 3.04. The van der Waals surface area contributed by atoms with Crippen molar-refractivity contribution in [2.75, 3.05) is 32.1 Å². The maximum atomic E-state index is 13.6. The standard InChI is InChI=1S/C13H18FN3O4/c1-3-16(5-4-6-18)13(19)9-7-11(15-2)10(14)8-12(9)17(20)21/h7-8,15,18H,3-6H2,1-2H3. The summed E-state index contributed by atoms with van der Waals surface area (Å²) in [6.07, 6.45) is 0.369. The van der Waals surface area contributed by atoms with E-state index in [1.807, 2.05) is 0 Å². The molecule has 0 saturated carbocycles. The average molecular weight is 299 g/mol. The number of hydrogen-bond acceptors (Lipinski definition) is 5. The first-order chi connectivity index (χ1) is 9.96. The summed E-state index contributed by atoms with van der Waals surface area (Å²) in [6, 6.07) is 1.87. The van der Waals surface area contributed by atoms with Gasteiger partial charge in [-0.25, -0.2) is 4.39 Å². The Morgan fingerprint density at radius 1 is 1.52 bits per heavy atom. The lowest BCUT2D eigenvalue weighted by Gasteiger charge is -2.20. The first-order valence-corrected chi connectivity index (χ1v) is 6.52. The van der Waals surface area contributed by atoms with Crippen LogP contribution in [0.25, 0.3) is 0 Å². The highest BCUT2D eigenvalue weighted by Gasteiger charge is 2.26. The van der Waals surface area contributed by atoms with Crippen molar-refractivity contribution in [1.82, 2.24) is 4.90 Å². The van der Waals surface area contributed by atoms with Gasteiger partial charge in [0.15, 0.2) is 5.82 Å². The summed E-state index contributed by atoms with van der Waals surface area (Å²) in [6.45, 7) is 2.25. The molecule has 21 heavy (non-hydrogen) atoms. The topological polar surface area (TPSA) is 95.7 Å². The van der Waals surface area contributed by atoms with Crippen LogP contribution in [-0.2, 0) is 0 Å². The van der Waals surface area contributed by atoms with Gasteiger partial charge >= 0.3 is 0 Å². The molecule has 0 fully saturated rings. The van der Waals surface area contributed by atoms with Crippen LogP contribution in [0.3, 0.4) is 0 Å². The van der Waals surface area contributed by atoms with E-state index in [2.05, 4.69) is 5.32 Å². The number of benzene rings is 1. The number of halogens is 1. The van der Waals surface area contributed by atoms with Gasteiger partial charge in [-0.3, -0.25) is 14.9 Å². The molecule has 0 bridgehead atoms. The SMILES string of the molecule is CCN(CCCO)C(=O)c1cc(NC)c(F)cc1[N+](=O)[O-]. The monoisotopic (exact) mass is 299 g/mol. The predicted molar refractivity (Wildman–Crippen MR) is 75.9 cm³/mol. The largest absolute Gasteiger partial charge is 0.396 e. The second-order valence-electron chi connectivity index (χ2n) is 4.32. The Labute approximate surface area is 121 Å². The normalized spacial score (nSPS) is 10.3. The molecule has 0 spiro atoms. The molecule has 0 heterocycles. The van der Waals surface area contributed by atoms with E-state index in [1.54, 1.807) is 6.92 Å². The van der Waals surface area contributed by atoms with Gasteiger partial charge in [0.05, 0.1) is 16.7 Å². The van der Waals surface area contributed by atoms with E-state index in [9.17, 15) is 19.3 Å². The van der Waals surface area contributed by atoms with Crippen molar-refractivity contribution in [2.24, 2.45) is 0 Å². The van der Waals surface area contributed by atoms with E-state index in [0.717, 1.165) is 12.1 Å². The van der Waals surface area contributed by atoms with Gasteiger partial charge < -0.3 is 15.3 Å². The van der Waals surface area contributed by atoms with Gasteiger partial charge in [0.1, 0.15) is 5.56 Å². The summed E-state index contributed by atoms with van der Waals surface area (Å²) in [7, 11) is 1.46. The van der Waals surface area contributed by atoms with Gasteiger partial charge in [0.2, 0.25) is 0 Å². The number of anilines is 1. The Kier molecular flexibility index (Phi) is 6.04. The van der Waals surface area contributed by atoms with Crippen LogP contribution in [0.5, 0.6) is 0 Å². The van der Waals surface area contributed by atoms with Gasteiger partial charge in [0.25, 0.3) is 11.6 Å². The summed E-state index contributed by atoms with van der Waals surface area (Å²) in [5.74, 6) is -1.35. The summed E-state index contributed by atoms with van der Waals surface area (Å²) < 4.78 is 13.6. The lowest BCUT2D eigenvalue weighted by atomic mass is 10.1. The van der Waals surface area contributed by atoms with Crippen LogP contribution in [0.15, 0.2) is 12.1 Å². The smallest absolute Gasteiger partial charge is 0.285 e. The highest BCUT2D eigenvalue weighted by atomic mass is 19.1. The summed E-state index contributed by atoms with van der Waals surface area (Å²) >= 11 is 0. The van der Waals surface area contributed by atoms with E-state index in [-0.39, 0.29) is 24.4 Å². The minimum atomic E-state index is -0.792. The van der Waals surface area contributed by atoms with Gasteiger partial charge in [-0.15, -0.1) is 0 Å². The molecular formula is C13H18FN3O4. The number of nitrogens with one attached hydrogen (secondary N) is 1. The number of carbonyl (C=O) groups excluding carboxylic acids is 1. The highest BCUT2D eigenvalue weighted by Crippen LogP contribution is 2.27. The predicted octanol–water partition coefficient (Wildman–Crippen LogP) is 1.62. The number of nitro groups is 1. The van der Waals surface area contributed by atoms with Gasteiger partial charge in [-0.1, -0.05) is 0 Å². The van der Waals surface area contributed by atoms with Crippen molar-refractivity contribution in [3.63, 3.8) is 0 Å².